The van der Waals surface area contributed by atoms with Crippen LogP contribution in [0.15, 0.2) is 45.6 Å². The maximum absolute atomic E-state index is 4.55. The molecule has 2 heterocycles. The van der Waals surface area contributed by atoms with Gasteiger partial charge in [-0.2, -0.15) is 5.10 Å². The zero-order valence-corrected chi connectivity index (χ0v) is 13.4. The molecule has 3 nitrogen and oxygen atoms in total. The minimum absolute atomic E-state index is 0.718. The van der Waals surface area contributed by atoms with Crippen molar-refractivity contribution in [2.24, 2.45) is 0 Å². The molecule has 0 aliphatic rings. The van der Waals surface area contributed by atoms with Gasteiger partial charge in [-0.25, -0.2) is 0 Å². The van der Waals surface area contributed by atoms with Gasteiger partial charge in [-0.1, -0.05) is 18.2 Å². The van der Waals surface area contributed by atoms with E-state index in [0.717, 1.165) is 27.0 Å². The first-order chi connectivity index (χ1) is 9.13. The van der Waals surface area contributed by atoms with Crippen LogP contribution in [0.1, 0.15) is 11.3 Å². The van der Waals surface area contributed by atoms with Crippen molar-refractivity contribution in [3.63, 3.8) is 0 Å². The average Bonchev–Trinajstić information content (AvgIpc) is 2.67. The van der Waals surface area contributed by atoms with E-state index in [-0.39, 0.29) is 0 Å². The van der Waals surface area contributed by atoms with Crippen LogP contribution in [0.4, 0.5) is 0 Å². The van der Waals surface area contributed by atoms with Gasteiger partial charge >= 0.3 is 0 Å². The Bertz CT molecular complexity index is 750. The zero-order valence-electron chi connectivity index (χ0n) is 10.3. The van der Waals surface area contributed by atoms with Crippen LogP contribution >= 0.6 is 31.9 Å². The van der Waals surface area contributed by atoms with Gasteiger partial charge < -0.3 is 0 Å². The highest BCUT2D eigenvalue weighted by Crippen LogP contribution is 2.22. The molecule has 3 rings (SSSR count). The van der Waals surface area contributed by atoms with Crippen LogP contribution in [0.25, 0.3) is 10.9 Å². The number of fused-ring (bicyclic) bond motifs is 1. The molecule has 0 fully saturated rings. The molecule has 1 aromatic carbocycles. The number of hydrogen-bond donors (Lipinski definition) is 0. The Hall–Kier alpha value is -1.20. The standard InChI is InChI=1S/C14H11Br2N3/c1-9-6-10(8-19-14(16)7-13(15)18-19)11-4-2-3-5-12(11)17-9/h2-7H,8H2,1H3. The lowest BCUT2D eigenvalue weighted by Crippen LogP contribution is -2.03. The lowest BCUT2D eigenvalue weighted by Gasteiger charge is -2.09. The molecule has 2 aromatic heterocycles. The highest BCUT2D eigenvalue weighted by atomic mass is 79.9. The van der Waals surface area contributed by atoms with E-state index in [4.69, 9.17) is 0 Å². The molecule has 0 aliphatic heterocycles. The van der Waals surface area contributed by atoms with Crippen molar-refractivity contribution in [1.82, 2.24) is 14.8 Å². The maximum Gasteiger partial charge on any atom is 0.129 e. The van der Waals surface area contributed by atoms with Gasteiger partial charge in [0.1, 0.15) is 9.21 Å². The number of rotatable bonds is 2. The van der Waals surface area contributed by atoms with Crippen molar-refractivity contribution in [3.8, 4) is 0 Å². The molecule has 0 bridgehead atoms. The molecule has 0 radical (unpaired) electrons. The molecule has 0 atom stereocenters. The van der Waals surface area contributed by atoms with E-state index < -0.39 is 0 Å². The molecule has 0 unspecified atom stereocenters. The number of halogens is 2. The van der Waals surface area contributed by atoms with Gasteiger partial charge in [-0.15, -0.1) is 0 Å². The number of aromatic nitrogens is 3. The van der Waals surface area contributed by atoms with Gasteiger partial charge in [0.05, 0.1) is 12.1 Å². The molecule has 96 valence electrons. The first kappa shape index (κ1) is 12.8. The topological polar surface area (TPSA) is 30.7 Å². The summed E-state index contributed by atoms with van der Waals surface area (Å²) in [6.45, 7) is 2.74. The maximum atomic E-state index is 4.55. The minimum atomic E-state index is 0.718. The summed E-state index contributed by atoms with van der Waals surface area (Å²) in [5.41, 5.74) is 3.27. The summed E-state index contributed by atoms with van der Waals surface area (Å²) >= 11 is 6.90. The van der Waals surface area contributed by atoms with Crippen molar-refractivity contribution < 1.29 is 0 Å². The third-order valence-corrected chi connectivity index (χ3v) is 3.98. The van der Waals surface area contributed by atoms with Crippen LogP contribution in [-0.4, -0.2) is 14.8 Å². The van der Waals surface area contributed by atoms with Crippen LogP contribution < -0.4 is 0 Å². The summed E-state index contributed by atoms with van der Waals surface area (Å²) < 4.78 is 3.71. The Labute approximate surface area is 127 Å². The quantitative estimate of drug-likeness (QED) is 0.663. The third kappa shape index (κ3) is 2.58. The molecular weight excluding hydrogens is 370 g/mol. The average molecular weight is 381 g/mol. The van der Waals surface area contributed by atoms with E-state index in [1.165, 1.54) is 10.9 Å². The first-order valence-corrected chi connectivity index (χ1v) is 7.46. The van der Waals surface area contributed by atoms with Crippen LogP contribution in [0.3, 0.4) is 0 Å². The number of pyridine rings is 1. The number of nitrogens with zero attached hydrogens (tertiary/aromatic N) is 3. The molecule has 0 amide bonds. The van der Waals surface area contributed by atoms with E-state index in [1.54, 1.807) is 0 Å². The second-order valence-electron chi connectivity index (χ2n) is 4.39. The summed E-state index contributed by atoms with van der Waals surface area (Å²) in [5.74, 6) is 0. The molecule has 0 spiro atoms. The van der Waals surface area contributed by atoms with Crippen molar-refractivity contribution in [1.29, 1.82) is 0 Å². The van der Waals surface area contributed by atoms with Gasteiger partial charge in [-0.05, 0) is 56.5 Å². The molecule has 0 saturated carbocycles. The fourth-order valence-corrected chi connectivity index (χ4v) is 3.30. The summed E-state index contributed by atoms with van der Waals surface area (Å²) in [5, 5.41) is 5.58. The molecule has 0 aliphatic carbocycles. The van der Waals surface area contributed by atoms with Gasteiger partial charge in [0.2, 0.25) is 0 Å². The first-order valence-electron chi connectivity index (χ1n) is 5.87. The summed E-state index contributed by atoms with van der Waals surface area (Å²) in [6, 6.07) is 12.2. The minimum Gasteiger partial charge on any atom is -0.253 e. The lowest BCUT2D eigenvalue weighted by atomic mass is 10.1. The summed E-state index contributed by atoms with van der Waals surface area (Å²) in [4.78, 5) is 4.55. The van der Waals surface area contributed by atoms with E-state index in [1.807, 2.05) is 35.9 Å². The van der Waals surface area contributed by atoms with E-state index in [0.29, 0.717) is 0 Å². The highest BCUT2D eigenvalue weighted by Gasteiger charge is 2.08. The highest BCUT2D eigenvalue weighted by molar-refractivity contribution is 9.11. The van der Waals surface area contributed by atoms with Gasteiger partial charge in [-0.3, -0.25) is 9.67 Å². The lowest BCUT2D eigenvalue weighted by molar-refractivity contribution is 0.669. The second kappa shape index (κ2) is 5.06. The number of hydrogen-bond acceptors (Lipinski definition) is 2. The number of para-hydroxylation sites is 1. The molecule has 5 heteroatoms. The largest absolute Gasteiger partial charge is 0.253 e. The van der Waals surface area contributed by atoms with Crippen molar-refractivity contribution in [3.05, 3.63) is 56.9 Å². The molecule has 0 N–H and O–H groups in total. The summed E-state index contributed by atoms with van der Waals surface area (Å²) in [6.07, 6.45) is 0. The van der Waals surface area contributed by atoms with Gasteiger partial charge in [0.15, 0.2) is 0 Å². The Kier molecular flexibility index (Phi) is 3.41. The van der Waals surface area contributed by atoms with Crippen molar-refractivity contribution in [2.45, 2.75) is 13.5 Å². The predicted molar refractivity (Wildman–Crippen MR) is 83.2 cm³/mol. The van der Waals surface area contributed by atoms with Gasteiger partial charge in [0.25, 0.3) is 0 Å². The predicted octanol–water partition coefficient (Wildman–Crippen LogP) is 4.31. The van der Waals surface area contributed by atoms with E-state index in [2.05, 4.69) is 54.1 Å². The van der Waals surface area contributed by atoms with E-state index in [9.17, 15) is 0 Å². The molecule has 19 heavy (non-hydrogen) atoms. The van der Waals surface area contributed by atoms with Crippen molar-refractivity contribution >= 4 is 42.8 Å². The van der Waals surface area contributed by atoms with Crippen LogP contribution in [0, 0.1) is 6.92 Å². The van der Waals surface area contributed by atoms with Crippen LogP contribution in [0.2, 0.25) is 0 Å². The van der Waals surface area contributed by atoms with Gasteiger partial charge in [0, 0.05) is 17.1 Å². The normalized spacial score (nSPS) is 11.1. The monoisotopic (exact) mass is 379 g/mol. The Balaban J connectivity index is 2.12. The Morgan fingerprint density at radius 1 is 1.16 bits per heavy atom. The molecule has 3 aromatic rings. The van der Waals surface area contributed by atoms with Crippen LogP contribution in [-0.2, 0) is 6.54 Å². The molecular formula is C14H11Br2N3. The Morgan fingerprint density at radius 3 is 2.68 bits per heavy atom. The summed E-state index contributed by atoms with van der Waals surface area (Å²) in [7, 11) is 0. The van der Waals surface area contributed by atoms with E-state index >= 15 is 0 Å². The number of aryl methyl sites for hydroxylation is 1. The zero-order chi connectivity index (χ0) is 13.4. The SMILES string of the molecule is Cc1cc(Cn2nc(Br)cc2Br)c2ccccc2n1. The van der Waals surface area contributed by atoms with Crippen LogP contribution in [0.5, 0.6) is 0 Å². The second-order valence-corrected chi connectivity index (χ2v) is 6.01. The fourth-order valence-electron chi connectivity index (χ4n) is 2.16. The smallest absolute Gasteiger partial charge is 0.129 e. The number of benzene rings is 1. The van der Waals surface area contributed by atoms with Crippen molar-refractivity contribution in [2.75, 3.05) is 0 Å². The molecule has 0 saturated heterocycles. The Morgan fingerprint density at radius 2 is 1.95 bits per heavy atom. The third-order valence-electron chi connectivity index (χ3n) is 2.95. The fraction of sp³-hybridized carbons (Fsp3) is 0.143.